The van der Waals surface area contributed by atoms with Gasteiger partial charge in [0.2, 0.25) is 0 Å². The summed E-state index contributed by atoms with van der Waals surface area (Å²) in [4.78, 5) is 17.0. The van der Waals surface area contributed by atoms with Crippen LogP contribution in [0.4, 0.5) is 0 Å². The quantitative estimate of drug-likeness (QED) is 0.220. The van der Waals surface area contributed by atoms with Crippen LogP contribution in [0.1, 0.15) is 105 Å². The van der Waals surface area contributed by atoms with Crippen molar-refractivity contribution >= 4 is 23.3 Å². The van der Waals surface area contributed by atoms with Crippen molar-refractivity contribution in [3.63, 3.8) is 0 Å². The van der Waals surface area contributed by atoms with Crippen LogP contribution in [-0.2, 0) is 0 Å². The zero-order chi connectivity index (χ0) is 25.3. The molecule has 3 rings (SSSR count). The van der Waals surface area contributed by atoms with Gasteiger partial charge in [0.1, 0.15) is 0 Å². The number of aryl methyl sites for hydroxylation is 1. The Balaban J connectivity index is 0. The molecule has 1 aromatic carbocycles. The molecular weight excluding hydrogens is 416 g/mol. The lowest BCUT2D eigenvalue weighted by Gasteiger charge is -2.29. The molecule has 1 unspecified atom stereocenters. The summed E-state index contributed by atoms with van der Waals surface area (Å²) < 4.78 is 0. The molecule has 1 N–H and O–H groups in total. The Bertz CT molecular complexity index is 988. The second kappa shape index (κ2) is 13.4. The van der Waals surface area contributed by atoms with Gasteiger partial charge in [0.05, 0.1) is 5.70 Å². The fraction of sp³-hybridized carbons (Fsp3) is 0.516. The van der Waals surface area contributed by atoms with Crippen LogP contribution >= 0.6 is 0 Å². The van der Waals surface area contributed by atoms with Crippen molar-refractivity contribution in [2.24, 2.45) is 22.7 Å². The number of dihydropyridines is 1. The lowest BCUT2D eigenvalue weighted by molar-refractivity contribution is 0.101. The summed E-state index contributed by atoms with van der Waals surface area (Å²) in [5.74, 6) is 1.40. The van der Waals surface area contributed by atoms with Crippen LogP contribution in [0.3, 0.4) is 0 Å². The molecule has 1 saturated carbocycles. The number of benzene rings is 1. The number of carbonyl (C=O) groups excluding carboxylic acids is 1. The predicted octanol–water partition coefficient (Wildman–Crippen LogP) is 9.52. The molecule has 0 saturated heterocycles. The maximum atomic E-state index is 11.9. The number of nitrogens with one attached hydrogen (secondary N) is 1. The number of carbonyl (C=O) groups is 1. The summed E-state index contributed by atoms with van der Waals surface area (Å²) in [6, 6.07) is 5.88. The van der Waals surface area contributed by atoms with Crippen LogP contribution in [0, 0.1) is 30.1 Å². The summed E-state index contributed by atoms with van der Waals surface area (Å²) in [6.07, 6.45) is 14.2. The van der Waals surface area contributed by atoms with E-state index in [0.29, 0.717) is 5.92 Å². The SMILES string of the molecule is C=CCC[C@@H](C)C1=CC(CC2CCCC2)=N/C(=C(/C=N)c2ccc(C(C)=O)c(C)c2)C1C.CC.[HH].[HH].[HH]. The molecule has 0 spiro atoms. The summed E-state index contributed by atoms with van der Waals surface area (Å²) in [5, 5.41) is 8.25. The van der Waals surface area contributed by atoms with Crippen molar-refractivity contribution in [1.82, 2.24) is 0 Å². The lowest BCUT2D eigenvalue weighted by atomic mass is 9.80. The minimum atomic E-state index is 0. The van der Waals surface area contributed by atoms with Gasteiger partial charge in [-0.05, 0) is 62.1 Å². The van der Waals surface area contributed by atoms with Crippen molar-refractivity contribution in [2.75, 3.05) is 0 Å². The van der Waals surface area contributed by atoms with Crippen LogP contribution in [0.2, 0.25) is 0 Å². The van der Waals surface area contributed by atoms with Gasteiger partial charge in [-0.1, -0.05) is 83.2 Å². The normalized spacial score (nSPS) is 20.5. The molecule has 1 aromatic rings. The highest BCUT2D eigenvalue weighted by molar-refractivity contribution is 6.11. The average Bonchev–Trinajstić information content (AvgIpc) is 3.34. The van der Waals surface area contributed by atoms with E-state index in [1.165, 1.54) is 43.2 Å². The van der Waals surface area contributed by atoms with Gasteiger partial charge in [0.25, 0.3) is 0 Å². The molecule has 1 aliphatic carbocycles. The fourth-order valence-corrected chi connectivity index (χ4v) is 5.30. The molecular formula is C31H50N2O. The van der Waals surface area contributed by atoms with Gasteiger partial charge in [0, 0.05) is 33.3 Å². The van der Waals surface area contributed by atoms with Gasteiger partial charge in [-0.3, -0.25) is 9.79 Å². The molecule has 2 atom stereocenters. The number of allylic oxidation sites excluding steroid dienone is 4. The molecule has 2 aliphatic rings. The first-order chi connectivity index (χ1) is 16.3. The molecule has 3 heteroatoms. The number of rotatable bonds is 9. The van der Waals surface area contributed by atoms with Crippen molar-refractivity contribution in [2.45, 2.75) is 86.5 Å². The highest BCUT2D eigenvalue weighted by Gasteiger charge is 2.28. The summed E-state index contributed by atoms with van der Waals surface area (Å²) in [7, 11) is 0. The number of hydrogen-bond donors (Lipinski definition) is 1. The van der Waals surface area contributed by atoms with Gasteiger partial charge in [-0.25, -0.2) is 0 Å². The fourth-order valence-electron chi connectivity index (χ4n) is 5.30. The third kappa shape index (κ3) is 6.74. The van der Waals surface area contributed by atoms with Gasteiger partial charge >= 0.3 is 0 Å². The Hall–Kier alpha value is -2.55. The monoisotopic (exact) mass is 466 g/mol. The summed E-state index contributed by atoms with van der Waals surface area (Å²) >= 11 is 0. The van der Waals surface area contributed by atoms with Crippen LogP contribution < -0.4 is 0 Å². The molecule has 0 amide bonds. The van der Waals surface area contributed by atoms with E-state index in [4.69, 9.17) is 10.4 Å². The molecule has 0 radical (unpaired) electrons. The van der Waals surface area contributed by atoms with E-state index in [0.717, 1.165) is 53.1 Å². The van der Waals surface area contributed by atoms with Gasteiger partial charge in [-0.15, -0.1) is 6.58 Å². The Kier molecular flexibility index (Phi) is 10.9. The van der Waals surface area contributed by atoms with Crippen molar-refractivity contribution in [1.29, 1.82) is 5.41 Å². The van der Waals surface area contributed by atoms with E-state index in [2.05, 4.69) is 26.5 Å². The van der Waals surface area contributed by atoms with Crippen molar-refractivity contribution in [3.05, 3.63) is 64.9 Å². The van der Waals surface area contributed by atoms with Gasteiger partial charge in [-0.2, -0.15) is 0 Å². The van der Waals surface area contributed by atoms with Crippen LogP contribution in [0.15, 0.2) is 53.2 Å². The molecule has 0 bridgehead atoms. The highest BCUT2D eigenvalue weighted by atomic mass is 16.1. The van der Waals surface area contributed by atoms with Crippen LogP contribution in [0.5, 0.6) is 0 Å². The molecule has 1 heterocycles. The summed E-state index contributed by atoms with van der Waals surface area (Å²) in [6.45, 7) is 16.0. The third-order valence-corrected chi connectivity index (χ3v) is 7.19. The lowest BCUT2D eigenvalue weighted by Crippen LogP contribution is -2.20. The maximum absolute atomic E-state index is 11.9. The largest absolute Gasteiger partial charge is 0.308 e. The second-order valence-corrected chi connectivity index (χ2v) is 9.62. The highest BCUT2D eigenvalue weighted by Crippen LogP contribution is 2.38. The zero-order valence-electron chi connectivity index (χ0n) is 22.2. The van der Waals surface area contributed by atoms with E-state index in [1.807, 2.05) is 45.0 Å². The van der Waals surface area contributed by atoms with E-state index in [9.17, 15) is 4.79 Å². The Morgan fingerprint density at radius 2 is 1.97 bits per heavy atom. The Labute approximate surface area is 212 Å². The molecule has 1 aliphatic heterocycles. The Morgan fingerprint density at radius 3 is 2.53 bits per heavy atom. The van der Waals surface area contributed by atoms with Crippen molar-refractivity contribution < 1.29 is 9.07 Å². The number of ketones is 1. The molecule has 1 fully saturated rings. The van der Waals surface area contributed by atoms with Gasteiger partial charge < -0.3 is 5.41 Å². The van der Waals surface area contributed by atoms with Crippen molar-refractivity contribution in [3.8, 4) is 0 Å². The first-order valence-corrected chi connectivity index (χ1v) is 13.1. The first kappa shape index (κ1) is 27.7. The van der Waals surface area contributed by atoms with E-state index >= 15 is 0 Å². The first-order valence-electron chi connectivity index (χ1n) is 13.1. The summed E-state index contributed by atoms with van der Waals surface area (Å²) in [5.41, 5.74) is 7.09. The Morgan fingerprint density at radius 1 is 1.29 bits per heavy atom. The van der Waals surface area contributed by atoms with Crippen LogP contribution in [0.25, 0.3) is 5.57 Å². The molecule has 3 nitrogen and oxygen atoms in total. The predicted molar refractivity (Wildman–Crippen MR) is 154 cm³/mol. The molecule has 34 heavy (non-hydrogen) atoms. The smallest absolute Gasteiger partial charge is 0.160 e. The number of nitrogens with zero attached hydrogens (tertiary/aromatic N) is 1. The number of aliphatic imine (C=N–C) groups is 1. The van der Waals surface area contributed by atoms with E-state index in [1.54, 1.807) is 6.92 Å². The standard InChI is InChI=1S/C29H38N2O.C2H6.3H2/c1-6-7-10-19(2)27-17-25(16-23-11-8-9-12-23)31-29(21(27)4)28(18-30)24-13-14-26(22(5)32)20(3)15-24;1-2;;;/h6,13-15,17-19,21,23,30H,1,7-12,16H2,2-5H3;1-2H3;3*1H/b29-28-,30-18?;;;;/t19-,21?;;;;/m1..../s1. The maximum Gasteiger partial charge on any atom is 0.160 e. The number of Topliss-reactive ketones (excluding diaryl/α,β-unsaturated/α-hetero) is 1. The third-order valence-electron chi connectivity index (χ3n) is 7.19. The average molecular weight is 467 g/mol. The van der Waals surface area contributed by atoms with E-state index < -0.39 is 0 Å². The van der Waals surface area contributed by atoms with Gasteiger partial charge in [0.15, 0.2) is 5.78 Å². The molecule has 0 aromatic heterocycles. The minimum Gasteiger partial charge on any atom is -0.308 e. The zero-order valence-corrected chi connectivity index (χ0v) is 22.2. The topological polar surface area (TPSA) is 53.3 Å². The van der Waals surface area contributed by atoms with Crippen LogP contribution in [-0.4, -0.2) is 17.7 Å². The van der Waals surface area contributed by atoms with E-state index in [-0.39, 0.29) is 16.0 Å². The second-order valence-electron chi connectivity index (χ2n) is 9.62. The molecule has 190 valence electrons. The minimum absolute atomic E-state index is 0. The number of hydrogen-bond acceptors (Lipinski definition) is 3.